The molecule has 7 nitrogen and oxygen atoms in total. The third-order valence-electron chi connectivity index (χ3n) is 5.55. The van der Waals surface area contributed by atoms with Gasteiger partial charge in [-0.3, -0.25) is 0 Å². The molecule has 1 aromatic rings. The fourth-order valence-corrected chi connectivity index (χ4v) is 3.87. The zero-order chi connectivity index (χ0) is 24.3. The number of carbonyl (C=O) groups is 2. The molecular formula is C23H33F3N2O5. The van der Waals surface area contributed by atoms with Gasteiger partial charge in [-0.15, -0.1) is 0 Å². The smallest absolute Gasteiger partial charge is 0.405 e. The van der Waals surface area contributed by atoms with Gasteiger partial charge in [0.1, 0.15) is 18.9 Å². The summed E-state index contributed by atoms with van der Waals surface area (Å²) in [7, 11) is 0. The van der Waals surface area contributed by atoms with Gasteiger partial charge in [0, 0.05) is 19.6 Å². The number of benzene rings is 1. The number of alkyl halides is 3. The summed E-state index contributed by atoms with van der Waals surface area (Å²) < 4.78 is 48.4. The summed E-state index contributed by atoms with van der Waals surface area (Å²) >= 11 is 0. The van der Waals surface area contributed by atoms with E-state index in [1.54, 1.807) is 31.2 Å². The maximum atomic E-state index is 12.5. The van der Waals surface area contributed by atoms with Crippen LogP contribution < -0.4 is 10.1 Å². The van der Waals surface area contributed by atoms with Gasteiger partial charge in [0.25, 0.3) is 0 Å². The minimum Gasteiger partial charge on any atom is -0.492 e. The number of aliphatic carboxylic acids is 1. The van der Waals surface area contributed by atoms with Crippen LogP contribution in [0.2, 0.25) is 0 Å². The van der Waals surface area contributed by atoms with Crippen molar-refractivity contribution in [3.63, 3.8) is 0 Å². The highest BCUT2D eigenvalue weighted by Crippen LogP contribution is 2.24. The van der Waals surface area contributed by atoms with Crippen molar-refractivity contribution in [2.24, 2.45) is 5.92 Å². The molecule has 0 aliphatic heterocycles. The number of hydrogen-bond donors (Lipinski definition) is 2. The number of urea groups is 1. The van der Waals surface area contributed by atoms with Gasteiger partial charge in [-0.05, 0) is 43.4 Å². The molecule has 0 bridgehead atoms. The number of hydrogen-bond acceptors (Lipinski definition) is 4. The van der Waals surface area contributed by atoms with Crippen molar-refractivity contribution in [1.29, 1.82) is 0 Å². The zero-order valence-electron chi connectivity index (χ0n) is 18.9. The zero-order valence-corrected chi connectivity index (χ0v) is 18.9. The quantitative estimate of drug-likeness (QED) is 0.473. The Morgan fingerprint density at radius 2 is 1.85 bits per heavy atom. The number of carboxylic acids is 1. The van der Waals surface area contributed by atoms with E-state index in [-0.39, 0.29) is 25.5 Å². The maximum Gasteiger partial charge on any atom is 0.405 e. The normalized spacial score (nSPS) is 15.6. The Labute approximate surface area is 192 Å². The van der Waals surface area contributed by atoms with E-state index in [1.165, 1.54) is 4.90 Å². The Morgan fingerprint density at radius 3 is 2.42 bits per heavy atom. The van der Waals surface area contributed by atoms with Crippen molar-refractivity contribution in [2.75, 3.05) is 32.8 Å². The van der Waals surface area contributed by atoms with Crippen LogP contribution in [-0.4, -0.2) is 67.1 Å². The molecule has 1 fully saturated rings. The molecule has 186 valence electrons. The molecule has 0 radical (unpaired) electrons. The molecule has 0 heterocycles. The first kappa shape index (κ1) is 26.8. The van der Waals surface area contributed by atoms with Crippen molar-refractivity contribution < 1.29 is 37.3 Å². The Morgan fingerprint density at radius 1 is 1.18 bits per heavy atom. The molecule has 0 spiro atoms. The van der Waals surface area contributed by atoms with Gasteiger partial charge in [-0.25, -0.2) is 9.59 Å². The van der Waals surface area contributed by atoms with Crippen LogP contribution in [0.5, 0.6) is 5.75 Å². The molecule has 1 unspecified atom stereocenters. The van der Waals surface area contributed by atoms with E-state index in [0.717, 1.165) is 37.7 Å². The fraction of sp³-hybridized carbons (Fsp3) is 0.652. The van der Waals surface area contributed by atoms with Crippen molar-refractivity contribution >= 4 is 12.0 Å². The van der Waals surface area contributed by atoms with Gasteiger partial charge in [-0.1, -0.05) is 31.4 Å². The lowest BCUT2D eigenvalue weighted by molar-refractivity contribution is -0.150. The standard InChI is InChI=1S/C23H33F3N2O5/c1-2-32-20(21(29)30)14-17-8-10-19(11-9-17)33-13-12-28(15-18-6-4-3-5-7-18)22(31)27-16-23(24,25)26/h8-11,18,20H,2-7,12-16H2,1H3,(H,27,31)(H,29,30). The van der Waals surface area contributed by atoms with Crippen LogP contribution in [0, 0.1) is 5.92 Å². The largest absolute Gasteiger partial charge is 0.492 e. The van der Waals surface area contributed by atoms with Crippen molar-refractivity contribution in [3.05, 3.63) is 29.8 Å². The van der Waals surface area contributed by atoms with Gasteiger partial charge in [0.15, 0.2) is 6.10 Å². The van der Waals surface area contributed by atoms with Gasteiger partial charge in [-0.2, -0.15) is 13.2 Å². The molecule has 1 aromatic carbocycles. The predicted octanol–water partition coefficient (Wildman–Crippen LogP) is 4.25. The van der Waals surface area contributed by atoms with Crippen LogP contribution in [0.25, 0.3) is 0 Å². The first-order chi connectivity index (χ1) is 15.7. The van der Waals surface area contributed by atoms with Crippen molar-refractivity contribution in [1.82, 2.24) is 10.2 Å². The summed E-state index contributed by atoms with van der Waals surface area (Å²) in [5.41, 5.74) is 0.772. The summed E-state index contributed by atoms with van der Waals surface area (Å²) in [4.78, 5) is 25.0. The fourth-order valence-electron chi connectivity index (χ4n) is 3.87. The Hall–Kier alpha value is -2.49. The number of rotatable bonds is 12. The molecule has 33 heavy (non-hydrogen) atoms. The van der Waals surface area contributed by atoms with Crippen LogP contribution in [0.1, 0.15) is 44.6 Å². The topological polar surface area (TPSA) is 88.1 Å². The predicted molar refractivity (Wildman–Crippen MR) is 116 cm³/mol. The SMILES string of the molecule is CCOC(Cc1ccc(OCCN(CC2CCCCC2)C(=O)NCC(F)(F)F)cc1)C(=O)O. The number of nitrogens with one attached hydrogen (secondary N) is 1. The molecule has 2 amide bonds. The van der Waals surface area contributed by atoms with Crippen molar-refractivity contribution in [3.8, 4) is 5.75 Å². The monoisotopic (exact) mass is 474 g/mol. The second kappa shape index (κ2) is 13.3. The molecule has 2 N–H and O–H groups in total. The molecule has 1 aliphatic carbocycles. The van der Waals surface area contributed by atoms with E-state index in [9.17, 15) is 27.9 Å². The summed E-state index contributed by atoms with van der Waals surface area (Å²) in [6.45, 7) is 1.35. The summed E-state index contributed by atoms with van der Waals surface area (Å²) in [6, 6.07) is 6.11. The maximum absolute atomic E-state index is 12.5. The number of carbonyl (C=O) groups excluding carboxylic acids is 1. The number of nitrogens with zero attached hydrogens (tertiary/aromatic N) is 1. The average Bonchev–Trinajstić information content (AvgIpc) is 2.77. The molecule has 0 aromatic heterocycles. The molecule has 1 aliphatic rings. The number of carboxylic acid groups (broad SMARTS) is 1. The van der Waals surface area contributed by atoms with E-state index in [2.05, 4.69) is 0 Å². The Balaban J connectivity index is 1.89. The molecule has 2 rings (SSSR count). The molecular weight excluding hydrogens is 441 g/mol. The van der Waals surface area contributed by atoms with E-state index < -0.39 is 30.8 Å². The van der Waals surface area contributed by atoms with E-state index in [1.807, 2.05) is 5.32 Å². The minimum absolute atomic E-state index is 0.127. The molecule has 1 atom stereocenters. The molecule has 1 saturated carbocycles. The third-order valence-corrected chi connectivity index (χ3v) is 5.55. The third kappa shape index (κ3) is 10.3. The summed E-state index contributed by atoms with van der Waals surface area (Å²) in [5.74, 6) is -0.225. The van der Waals surface area contributed by atoms with E-state index >= 15 is 0 Å². The Kier molecular flexibility index (Phi) is 10.8. The highest BCUT2D eigenvalue weighted by molar-refractivity contribution is 5.74. The van der Waals surface area contributed by atoms with Gasteiger partial charge in [0.2, 0.25) is 0 Å². The second-order valence-electron chi connectivity index (χ2n) is 8.20. The van der Waals surface area contributed by atoms with Crippen LogP contribution in [0.3, 0.4) is 0 Å². The lowest BCUT2D eigenvalue weighted by Crippen LogP contribution is -2.47. The first-order valence-corrected chi connectivity index (χ1v) is 11.3. The van der Waals surface area contributed by atoms with Gasteiger partial charge in [0.05, 0.1) is 6.54 Å². The average molecular weight is 475 g/mol. The van der Waals surface area contributed by atoms with E-state index in [0.29, 0.717) is 18.9 Å². The number of ether oxygens (including phenoxy) is 2. The highest BCUT2D eigenvalue weighted by Gasteiger charge is 2.29. The molecule has 0 saturated heterocycles. The van der Waals surface area contributed by atoms with E-state index in [4.69, 9.17) is 9.47 Å². The van der Waals surface area contributed by atoms with Gasteiger partial charge >= 0.3 is 18.2 Å². The van der Waals surface area contributed by atoms with Crippen LogP contribution >= 0.6 is 0 Å². The van der Waals surface area contributed by atoms with Crippen LogP contribution in [0.4, 0.5) is 18.0 Å². The number of amides is 2. The molecule has 10 heteroatoms. The first-order valence-electron chi connectivity index (χ1n) is 11.3. The summed E-state index contributed by atoms with van der Waals surface area (Å²) in [6.07, 6.45) is 0.0346. The van der Waals surface area contributed by atoms with Crippen molar-refractivity contribution in [2.45, 2.75) is 57.7 Å². The Bertz CT molecular complexity index is 737. The lowest BCUT2D eigenvalue weighted by Gasteiger charge is -2.30. The van der Waals surface area contributed by atoms with Gasteiger partial charge < -0.3 is 24.8 Å². The highest BCUT2D eigenvalue weighted by atomic mass is 19.4. The minimum atomic E-state index is -4.47. The van der Waals surface area contributed by atoms with Crippen LogP contribution in [0.15, 0.2) is 24.3 Å². The van der Waals surface area contributed by atoms with Crippen LogP contribution in [-0.2, 0) is 16.0 Å². The number of halogens is 3. The summed E-state index contributed by atoms with van der Waals surface area (Å²) in [5, 5.41) is 11.1. The second-order valence-corrected chi connectivity index (χ2v) is 8.20. The lowest BCUT2D eigenvalue weighted by atomic mass is 9.89.